The summed E-state index contributed by atoms with van der Waals surface area (Å²) in [4.78, 5) is 23.1. The Kier molecular flexibility index (Phi) is 4.96. The van der Waals surface area contributed by atoms with Crippen molar-refractivity contribution in [3.05, 3.63) is 29.7 Å². The molecule has 8 heteroatoms. The van der Waals surface area contributed by atoms with Crippen molar-refractivity contribution in [2.75, 3.05) is 31.2 Å². The number of ether oxygens (including phenoxy) is 2. The lowest BCUT2D eigenvalue weighted by Gasteiger charge is -2.28. The second-order valence-corrected chi connectivity index (χ2v) is 7.21. The van der Waals surface area contributed by atoms with E-state index in [1.807, 2.05) is 26.8 Å². The van der Waals surface area contributed by atoms with Gasteiger partial charge in [0.25, 0.3) is 0 Å². The van der Waals surface area contributed by atoms with Gasteiger partial charge in [-0.3, -0.25) is 0 Å². The maximum absolute atomic E-state index is 12.1. The number of aromatic nitrogens is 3. The monoisotopic (exact) mass is 364 g/mol. The first-order chi connectivity index (χ1) is 11.8. The fourth-order valence-corrected chi connectivity index (χ4v) is 2.64. The molecule has 0 unspecified atom stereocenters. The molecule has 134 valence electrons. The molecule has 0 aromatic carbocycles. The van der Waals surface area contributed by atoms with Gasteiger partial charge in [-0.1, -0.05) is 11.6 Å². The second-order valence-electron chi connectivity index (χ2n) is 6.77. The van der Waals surface area contributed by atoms with Crippen LogP contribution in [-0.4, -0.2) is 52.5 Å². The fourth-order valence-electron chi connectivity index (χ4n) is 2.44. The van der Waals surface area contributed by atoms with Gasteiger partial charge in [0.05, 0.1) is 18.9 Å². The number of carbonyl (C=O) groups excluding carboxylic acids is 1. The van der Waals surface area contributed by atoms with Gasteiger partial charge in [-0.05, 0) is 32.9 Å². The second kappa shape index (κ2) is 7.01. The summed E-state index contributed by atoms with van der Waals surface area (Å²) in [5.41, 5.74) is 0.596. The first-order valence-electron chi connectivity index (χ1n) is 8.10. The van der Waals surface area contributed by atoms with Crippen LogP contribution < -0.4 is 4.90 Å². The predicted octanol–water partition coefficient (Wildman–Crippen LogP) is 3.22. The molecule has 0 atom stereocenters. The summed E-state index contributed by atoms with van der Waals surface area (Å²) in [6.07, 6.45) is 2.53. The third-order valence-corrected chi connectivity index (χ3v) is 3.78. The van der Waals surface area contributed by atoms with E-state index >= 15 is 0 Å². The van der Waals surface area contributed by atoms with Crippen molar-refractivity contribution < 1.29 is 14.3 Å². The lowest BCUT2D eigenvalue weighted by atomic mass is 10.2. The highest BCUT2D eigenvalue weighted by Gasteiger charge is 2.19. The molecule has 25 heavy (non-hydrogen) atoms. The van der Waals surface area contributed by atoms with Gasteiger partial charge < -0.3 is 14.4 Å². The topological polar surface area (TPSA) is 69.5 Å². The van der Waals surface area contributed by atoms with Gasteiger partial charge in [-0.15, -0.1) is 0 Å². The molecule has 0 aliphatic carbocycles. The first-order valence-corrected chi connectivity index (χ1v) is 8.48. The van der Waals surface area contributed by atoms with Gasteiger partial charge in [0.1, 0.15) is 23.4 Å². The van der Waals surface area contributed by atoms with Gasteiger partial charge in [-0.25, -0.2) is 19.3 Å². The quantitative estimate of drug-likeness (QED) is 0.814. The summed E-state index contributed by atoms with van der Waals surface area (Å²) < 4.78 is 12.0. The normalized spacial score (nSPS) is 15.3. The molecule has 0 spiro atoms. The van der Waals surface area contributed by atoms with Gasteiger partial charge in [-0.2, -0.15) is 0 Å². The number of morpholine rings is 1. The Balaban J connectivity index is 1.84. The van der Waals surface area contributed by atoms with E-state index < -0.39 is 11.7 Å². The van der Waals surface area contributed by atoms with E-state index in [-0.39, 0.29) is 0 Å². The van der Waals surface area contributed by atoms with E-state index in [9.17, 15) is 4.79 Å². The van der Waals surface area contributed by atoms with Gasteiger partial charge in [0.15, 0.2) is 0 Å². The molecule has 7 nitrogen and oxygen atoms in total. The minimum Gasteiger partial charge on any atom is -0.443 e. The maximum atomic E-state index is 12.1. The molecule has 3 heterocycles. The van der Waals surface area contributed by atoms with Crippen LogP contribution in [0.25, 0.3) is 11.4 Å². The zero-order chi connectivity index (χ0) is 18.0. The van der Waals surface area contributed by atoms with E-state index in [0.717, 1.165) is 18.9 Å². The van der Waals surface area contributed by atoms with Gasteiger partial charge in [0.2, 0.25) is 0 Å². The van der Waals surface area contributed by atoms with Crippen LogP contribution in [0.3, 0.4) is 0 Å². The molecule has 2 aromatic rings. The van der Waals surface area contributed by atoms with Crippen LogP contribution in [0, 0.1) is 0 Å². The van der Waals surface area contributed by atoms with Crippen LogP contribution in [0.15, 0.2) is 24.7 Å². The highest BCUT2D eigenvalue weighted by molar-refractivity contribution is 6.31. The largest absolute Gasteiger partial charge is 0.443 e. The third-order valence-electron chi connectivity index (χ3n) is 3.56. The first kappa shape index (κ1) is 17.7. The third kappa shape index (κ3) is 4.49. The van der Waals surface area contributed by atoms with E-state index in [1.54, 1.807) is 12.3 Å². The Morgan fingerprint density at radius 1 is 1.24 bits per heavy atom. The number of hydrogen-bond acceptors (Lipinski definition) is 6. The van der Waals surface area contributed by atoms with Crippen molar-refractivity contribution in [1.82, 2.24) is 14.5 Å². The van der Waals surface area contributed by atoms with E-state index in [4.69, 9.17) is 21.1 Å². The zero-order valence-corrected chi connectivity index (χ0v) is 15.3. The Labute approximate surface area is 151 Å². The van der Waals surface area contributed by atoms with E-state index in [2.05, 4.69) is 14.9 Å². The SMILES string of the molecule is CC(C)(C)OC(=O)n1cnc(-c2cc(Cl)cc(N3CCOCC3)n2)c1. The lowest BCUT2D eigenvalue weighted by molar-refractivity contribution is 0.0536. The van der Waals surface area contributed by atoms with E-state index in [1.165, 1.54) is 10.9 Å². The van der Waals surface area contributed by atoms with Crippen LogP contribution in [0.5, 0.6) is 0 Å². The van der Waals surface area contributed by atoms with Crippen molar-refractivity contribution in [2.24, 2.45) is 0 Å². The number of nitrogens with zero attached hydrogens (tertiary/aromatic N) is 4. The molecule has 1 saturated heterocycles. The number of carbonyl (C=O) groups is 1. The van der Waals surface area contributed by atoms with E-state index in [0.29, 0.717) is 29.6 Å². The predicted molar refractivity (Wildman–Crippen MR) is 95.1 cm³/mol. The number of rotatable bonds is 2. The minimum atomic E-state index is -0.570. The Bertz CT molecular complexity index is 763. The number of imidazole rings is 1. The highest BCUT2D eigenvalue weighted by atomic mass is 35.5. The van der Waals surface area contributed by atoms with Gasteiger partial charge in [0, 0.05) is 24.3 Å². The van der Waals surface area contributed by atoms with Crippen molar-refractivity contribution in [2.45, 2.75) is 26.4 Å². The molecule has 0 N–H and O–H groups in total. The number of halogens is 1. The molecular weight excluding hydrogens is 344 g/mol. The molecule has 0 radical (unpaired) electrons. The molecule has 0 saturated carbocycles. The van der Waals surface area contributed by atoms with Crippen LogP contribution in [0.2, 0.25) is 5.02 Å². The molecular formula is C17H21ClN4O3. The fraction of sp³-hybridized carbons (Fsp3) is 0.471. The minimum absolute atomic E-state index is 0.485. The Morgan fingerprint density at radius 2 is 1.96 bits per heavy atom. The zero-order valence-electron chi connectivity index (χ0n) is 14.5. The molecule has 1 fully saturated rings. The number of hydrogen-bond donors (Lipinski definition) is 0. The average Bonchev–Trinajstić information content (AvgIpc) is 3.04. The Morgan fingerprint density at radius 3 is 2.64 bits per heavy atom. The summed E-state index contributed by atoms with van der Waals surface area (Å²) in [5.74, 6) is 0.776. The van der Waals surface area contributed by atoms with Crippen molar-refractivity contribution in [1.29, 1.82) is 0 Å². The molecule has 1 aliphatic heterocycles. The Hall–Kier alpha value is -2.12. The van der Waals surface area contributed by atoms with Gasteiger partial charge >= 0.3 is 6.09 Å². The van der Waals surface area contributed by atoms with Crippen molar-refractivity contribution >= 4 is 23.5 Å². The molecule has 0 bridgehead atoms. The summed E-state index contributed by atoms with van der Waals surface area (Å²) in [6, 6.07) is 3.55. The van der Waals surface area contributed by atoms with Crippen LogP contribution in [-0.2, 0) is 9.47 Å². The standard InChI is InChI=1S/C17H21ClN4O3/c1-17(2,3)25-16(23)22-10-14(19-11-22)13-8-12(18)9-15(20-13)21-4-6-24-7-5-21/h8-11H,4-7H2,1-3H3. The average molecular weight is 365 g/mol. The summed E-state index contributed by atoms with van der Waals surface area (Å²) in [5, 5.41) is 0.568. The van der Waals surface area contributed by atoms with Crippen LogP contribution >= 0.6 is 11.6 Å². The smallest absolute Gasteiger partial charge is 0.419 e. The summed E-state index contributed by atoms with van der Waals surface area (Å²) in [6.45, 7) is 8.30. The summed E-state index contributed by atoms with van der Waals surface area (Å²) in [7, 11) is 0. The van der Waals surface area contributed by atoms with Crippen LogP contribution in [0.4, 0.5) is 10.6 Å². The number of anilines is 1. The molecule has 0 amide bonds. The molecule has 1 aliphatic rings. The molecule has 3 rings (SSSR count). The van der Waals surface area contributed by atoms with Crippen molar-refractivity contribution in [3.8, 4) is 11.4 Å². The molecule has 2 aromatic heterocycles. The highest BCUT2D eigenvalue weighted by Crippen LogP contribution is 2.25. The summed E-state index contributed by atoms with van der Waals surface area (Å²) >= 11 is 6.25. The van der Waals surface area contributed by atoms with Crippen molar-refractivity contribution in [3.63, 3.8) is 0 Å². The van der Waals surface area contributed by atoms with Crippen LogP contribution in [0.1, 0.15) is 20.8 Å². The number of pyridine rings is 1. The maximum Gasteiger partial charge on any atom is 0.419 e. The lowest BCUT2D eigenvalue weighted by Crippen LogP contribution is -2.36.